The number of fused-ring (bicyclic) bond motifs is 1. The zero-order valence-electron chi connectivity index (χ0n) is 13.4. The van der Waals surface area contributed by atoms with Gasteiger partial charge in [-0.3, -0.25) is 4.79 Å². The highest BCUT2D eigenvalue weighted by Gasteiger charge is 2.22. The third kappa shape index (κ3) is 4.56. The van der Waals surface area contributed by atoms with Gasteiger partial charge in [0.1, 0.15) is 0 Å². The van der Waals surface area contributed by atoms with Crippen molar-refractivity contribution in [2.24, 2.45) is 0 Å². The average Bonchev–Trinajstić information content (AvgIpc) is 3.03. The molecule has 2 rings (SSSR count). The van der Waals surface area contributed by atoms with Crippen LogP contribution in [0, 0.1) is 22.7 Å². The number of nitriles is 2. The highest BCUT2D eigenvalue weighted by molar-refractivity contribution is 7.10. The van der Waals surface area contributed by atoms with Crippen LogP contribution in [-0.4, -0.2) is 36.5 Å². The van der Waals surface area contributed by atoms with Crippen molar-refractivity contribution < 1.29 is 14.3 Å². The molecule has 0 spiro atoms. The van der Waals surface area contributed by atoms with Crippen molar-refractivity contribution in [3.05, 3.63) is 21.4 Å². The Bertz CT molecular complexity index is 666. The van der Waals surface area contributed by atoms with Crippen molar-refractivity contribution in [2.45, 2.75) is 38.5 Å². The van der Waals surface area contributed by atoms with Crippen molar-refractivity contribution >= 4 is 23.2 Å². The van der Waals surface area contributed by atoms with Crippen molar-refractivity contribution in [2.75, 3.05) is 19.7 Å². The van der Waals surface area contributed by atoms with Gasteiger partial charge in [0.15, 0.2) is 6.61 Å². The van der Waals surface area contributed by atoms with Crippen LogP contribution in [0.15, 0.2) is 5.38 Å². The first-order chi connectivity index (χ1) is 11.7. The van der Waals surface area contributed by atoms with Gasteiger partial charge < -0.3 is 9.64 Å². The number of thiophene rings is 1. The highest BCUT2D eigenvalue weighted by atomic mass is 32.1. The van der Waals surface area contributed by atoms with Gasteiger partial charge in [0, 0.05) is 23.3 Å². The summed E-state index contributed by atoms with van der Waals surface area (Å²) in [5.74, 6) is -0.846. The van der Waals surface area contributed by atoms with Crippen molar-refractivity contribution in [1.29, 1.82) is 10.5 Å². The lowest BCUT2D eigenvalue weighted by Crippen LogP contribution is -2.36. The van der Waals surface area contributed by atoms with E-state index in [9.17, 15) is 9.59 Å². The maximum Gasteiger partial charge on any atom is 0.339 e. The minimum Gasteiger partial charge on any atom is -0.452 e. The maximum absolute atomic E-state index is 12.2. The van der Waals surface area contributed by atoms with Crippen LogP contribution < -0.4 is 0 Å². The van der Waals surface area contributed by atoms with Crippen molar-refractivity contribution in [3.63, 3.8) is 0 Å². The van der Waals surface area contributed by atoms with Gasteiger partial charge in [0.05, 0.1) is 30.5 Å². The summed E-state index contributed by atoms with van der Waals surface area (Å²) in [6.45, 7) is 0.116. The predicted octanol–water partition coefficient (Wildman–Crippen LogP) is 2.44. The molecule has 0 N–H and O–H groups in total. The molecule has 0 radical (unpaired) electrons. The SMILES string of the molecule is N#CCCN(CCC#N)C(=O)COC(=O)c1csc2c1CCCC2. The van der Waals surface area contributed by atoms with Gasteiger partial charge in [0.25, 0.3) is 5.91 Å². The van der Waals surface area contributed by atoms with E-state index in [-0.39, 0.29) is 38.4 Å². The van der Waals surface area contributed by atoms with Crippen molar-refractivity contribution in [1.82, 2.24) is 4.90 Å². The number of amides is 1. The molecular formula is C17H19N3O3S. The summed E-state index contributed by atoms with van der Waals surface area (Å²) < 4.78 is 5.17. The van der Waals surface area contributed by atoms with Crippen LogP contribution >= 0.6 is 11.3 Å². The predicted molar refractivity (Wildman–Crippen MR) is 88.3 cm³/mol. The molecule has 1 aliphatic carbocycles. The number of hydrogen-bond acceptors (Lipinski definition) is 6. The fourth-order valence-corrected chi connectivity index (χ4v) is 3.81. The van der Waals surface area contributed by atoms with E-state index in [0.29, 0.717) is 5.56 Å². The number of carbonyl (C=O) groups excluding carboxylic acids is 2. The molecule has 0 bridgehead atoms. The molecule has 1 aliphatic rings. The lowest BCUT2D eigenvalue weighted by Gasteiger charge is -2.20. The minimum absolute atomic E-state index is 0.184. The highest BCUT2D eigenvalue weighted by Crippen LogP contribution is 2.30. The summed E-state index contributed by atoms with van der Waals surface area (Å²) in [6, 6.07) is 3.94. The summed E-state index contributed by atoms with van der Waals surface area (Å²) in [6.07, 6.45) is 4.47. The number of carbonyl (C=O) groups is 2. The number of aryl methyl sites for hydroxylation is 1. The smallest absolute Gasteiger partial charge is 0.339 e. The van der Waals surface area contributed by atoms with E-state index in [4.69, 9.17) is 15.3 Å². The van der Waals surface area contributed by atoms with E-state index in [1.165, 1.54) is 9.78 Å². The van der Waals surface area contributed by atoms with E-state index in [1.54, 1.807) is 11.3 Å². The first-order valence-corrected chi connectivity index (χ1v) is 8.83. The third-order valence-corrected chi connectivity index (χ3v) is 5.04. The molecule has 0 fully saturated rings. The second-order valence-corrected chi connectivity index (χ2v) is 6.50. The molecule has 1 aromatic heterocycles. The fourth-order valence-electron chi connectivity index (χ4n) is 2.69. The summed E-state index contributed by atoms with van der Waals surface area (Å²) in [4.78, 5) is 27.0. The lowest BCUT2D eigenvalue weighted by atomic mass is 9.96. The number of ether oxygens (including phenoxy) is 1. The largest absolute Gasteiger partial charge is 0.452 e. The van der Waals surface area contributed by atoms with Gasteiger partial charge in [-0.25, -0.2) is 4.79 Å². The molecule has 6 nitrogen and oxygen atoms in total. The average molecular weight is 345 g/mol. The van der Waals surface area contributed by atoms with Crippen LogP contribution in [0.3, 0.4) is 0 Å². The monoisotopic (exact) mass is 345 g/mol. The molecule has 126 valence electrons. The Hall–Kier alpha value is -2.38. The second-order valence-electron chi connectivity index (χ2n) is 5.53. The molecule has 1 aromatic rings. The van der Waals surface area contributed by atoms with Crippen LogP contribution in [0.2, 0.25) is 0 Å². The first kappa shape index (κ1) is 18.0. The molecule has 0 saturated carbocycles. The summed E-state index contributed by atoms with van der Waals surface area (Å²) in [5, 5.41) is 19.1. The third-order valence-electron chi connectivity index (χ3n) is 3.95. The Kier molecular flexibility index (Phi) is 6.77. The van der Waals surface area contributed by atoms with E-state index < -0.39 is 5.97 Å². The Balaban J connectivity index is 1.92. The Labute approximate surface area is 145 Å². The van der Waals surface area contributed by atoms with Crippen molar-refractivity contribution in [3.8, 4) is 12.1 Å². The zero-order valence-corrected chi connectivity index (χ0v) is 14.2. The number of rotatable bonds is 7. The van der Waals surface area contributed by atoms with Crippen LogP contribution in [0.1, 0.15) is 46.5 Å². The van der Waals surface area contributed by atoms with E-state index in [1.807, 2.05) is 17.5 Å². The van der Waals surface area contributed by atoms with Gasteiger partial charge in [-0.05, 0) is 31.2 Å². The number of esters is 1. The van der Waals surface area contributed by atoms with Gasteiger partial charge >= 0.3 is 5.97 Å². The molecule has 24 heavy (non-hydrogen) atoms. The maximum atomic E-state index is 12.2. The number of nitrogens with zero attached hydrogens (tertiary/aromatic N) is 3. The van der Waals surface area contributed by atoms with Crippen LogP contribution in [0.25, 0.3) is 0 Å². The second kappa shape index (κ2) is 9.05. The van der Waals surface area contributed by atoms with Crippen LogP contribution in [0.4, 0.5) is 0 Å². The molecule has 0 aromatic carbocycles. The zero-order chi connectivity index (χ0) is 17.4. The quantitative estimate of drug-likeness (QED) is 0.707. The Morgan fingerprint density at radius 1 is 1.17 bits per heavy atom. The van der Waals surface area contributed by atoms with Crippen LogP contribution in [-0.2, 0) is 22.4 Å². The Morgan fingerprint density at radius 3 is 2.50 bits per heavy atom. The topological polar surface area (TPSA) is 94.2 Å². The first-order valence-electron chi connectivity index (χ1n) is 7.95. The van der Waals surface area contributed by atoms with E-state index >= 15 is 0 Å². The summed E-state index contributed by atoms with van der Waals surface area (Å²) >= 11 is 1.57. The minimum atomic E-state index is -0.469. The van der Waals surface area contributed by atoms with E-state index in [0.717, 1.165) is 31.2 Å². The molecule has 0 aliphatic heterocycles. The summed E-state index contributed by atoms with van der Waals surface area (Å²) in [5.41, 5.74) is 1.64. The lowest BCUT2D eigenvalue weighted by molar-refractivity contribution is -0.134. The summed E-state index contributed by atoms with van der Waals surface area (Å²) in [7, 11) is 0. The van der Waals surface area contributed by atoms with Crippen LogP contribution in [0.5, 0.6) is 0 Å². The van der Waals surface area contributed by atoms with Gasteiger partial charge in [-0.15, -0.1) is 11.3 Å². The fraction of sp³-hybridized carbons (Fsp3) is 0.529. The Morgan fingerprint density at radius 2 is 1.83 bits per heavy atom. The molecule has 0 atom stereocenters. The van der Waals surface area contributed by atoms with Gasteiger partial charge in [-0.1, -0.05) is 0 Å². The molecular weight excluding hydrogens is 326 g/mol. The molecule has 7 heteroatoms. The van der Waals surface area contributed by atoms with E-state index in [2.05, 4.69) is 0 Å². The standard InChI is InChI=1S/C17H19N3O3S/c18-7-3-9-20(10-4-8-19)16(21)11-23-17(22)14-12-24-15-6-2-1-5-13(14)15/h12H,1-6,9-11H2. The molecule has 0 unspecified atom stereocenters. The molecule has 0 saturated heterocycles. The van der Waals surface area contributed by atoms with Gasteiger partial charge in [0.2, 0.25) is 0 Å². The molecule has 1 heterocycles. The molecule has 1 amide bonds. The van der Waals surface area contributed by atoms with Gasteiger partial charge in [-0.2, -0.15) is 10.5 Å². The number of hydrogen-bond donors (Lipinski definition) is 0. The normalized spacial score (nSPS) is 12.6.